The summed E-state index contributed by atoms with van der Waals surface area (Å²) in [7, 11) is 0. The minimum atomic E-state index is -0.182. The summed E-state index contributed by atoms with van der Waals surface area (Å²) in [6.07, 6.45) is 2.74. The molecule has 0 bridgehead atoms. The predicted molar refractivity (Wildman–Crippen MR) is 81.2 cm³/mol. The maximum absolute atomic E-state index is 13.4. The third kappa shape index (κ3) is 2.02. The van der Waals surface area contributed by atoms with E-state index in [4.69, 9.17) is 0 Å². The molecule has 20 heavy (non-hydrogen) atoms. The highest BCUT2D eigenvalue weighted by Gasteiger charge is 2.26. The van der Waals surface area contributed by atoms with Crippen LogP contribution in [0.5, 0.6) is 0 Å². The molecule has 3 aromatic rings. The van der Waals surface area contributed by atoms with Crippen molar-refractivity contribution in [2.75, 3.05) is 6.54 Å². The van der Waals surface area contributed by atoms with Crippen LogP contribution in [-0.2, 0) is 6.42 Å². The van der Waals surface area contributed by atoms with Gasteiger partial charge in [0, 0.05) is 34.7 Å². The Bertz CT molecular complexity index is 738. The van der Waals surface area contributed by atoms with Crippen LogP contribution in [0.2, 0.25) is 0 Å². The second-order valence-corrected chi connectivity index (χ2v) is 5.64. The van der Waals surface area contributed by atoms with Gasteiger partial charge < -0.3 is 10.3 Å². The normalized spacial score (nSPS) is 17.8. The Morgan fingerprint density at radius 3 is 3.05 bits per heavy atom. The second kappa shape index (κ2) is 5.16. The van der Waals surface area contributed by atoms with Crippen molar-refractivity contribution in [3.8, 4) is 0 Å². The molecule has 1 unspecified atom stereocenters. The van der Waals surface area contributed by atoms with Crippen molar-refractivity contribution < 1.29 is 4.39 Å². The molecular weight excluding hydrogens is 297 g/mol. The van der Waals surface area contributed by atoms with Crippen LogP contribution in [0.4, 0.5) is 4.39 Å². The van der Waals surface area contributed by atoms with Gasteiger partial charge in [-0.15, -0.1) is 23.7 Å². The number of aromatic amines is 1. The van der Waals surface area contributed by atoms with Crippen molar-refractivity contribution in [2.45, 2.75) is 12.5 Å². The summed E-state index contributed by atoms with van der Waals surface area (Å²) in [4.78, 5) is 7.81. The van der Waals surface area contributed by atoms with E-state index in [1.807, 2.05) is 17.6 Å². The van der Waals surface area contributed by atoms with Crippen LogP contribution < -0.4 is 5.32 Å². The molecule has 0 fully saturated rings. The first-order valence-electron chi connectivity index (χ1n) is 6.26. The molecule has 2 aromatic heterocycles. The number of fused-ring (bicyclic) bond motifs is 3. The van der Waals surface area contributed by atoms with Gasteiger partial charge in [0.15, 0.2) is 0 Å². The number of hydrogen-bond acceptors (Lipinski definition) is 3. The number of rotatable bonds is 1. The fourth-order valence-electron chi connectivity index (χ4n) is 2.79. The lowest BCUT2D eigenvalue weighted by molar-refractivity contribution is 0.558. The van der Waals surface area contributed by atoms with E-state index in [0.29, 0.717) is 0 Å². The SMILES string of the molecule is Cl.Fc1ccc2[nH]c3c(c2c1)CCNC3c1nccs1. The minimum Gasteiger partial charge on any atom is -0.356 e. The zero-order valence-electron chi connectivity index (χ0n) is 10.5. The summed E-state index contributed by atoms with van der Waals surface area (Å²) in [5, 5.41) is 7.50. The first kappa shape index (κ1) is 13.5. The van der Waals surface area contributed by atoms with Crippen molar-refractivity contribution in [2.24, 2.45) is 0 Å². The minimum absolute atomic E-state index is 0. The van der Waals surface area contributed by atoms with Crippen LogP contribution in [0.15, 0.2) is 29.8 Å². The Hall–Kier alpha value is -1.43. The third-order valence-corrected chi connectivity index (χ3v) is 4.45. The maximum atomic E-state index is 13.4. The second-order valence-electron chi connectivity index (χ2n) is 4.71. The molecule has 6 heteroatoms. The van der Waals surface area contributed by atoms with E-state index in [2.05, 4.69) is 15.3 Å². The number of nitrogens with zero attached hydrogens (tertiary/aromatic N) is 1. The Morgan fingerprint density at radius 1 is 1.35 bits per heavy atom. The molecule has 1 aliphatic heterocycles. The number of aromatic nitrogens is 2. The first-order valence-corrected chi connectivity index (χ1v) is 7.13. The van der Waals surface area contributed by atoms with Gasteiger partial charge in [-0.25, -0.2) is 9.37 Å². The standard InChI is InChI=1S/C14H12FN3S.ClH/c15-8-1-2-11-10(7-8)9-3-4-16-13(12(9)18-11)14-17-5-6-19-14;/h1-2,5-7,13,16,18H,3-4H2;1H. The van der Waals surface area contributed by atoms with E-state index in [1.54, 1.807) is 17.4 Å². The lowest BCUT2D eigenvalue weighted by atomic mass is 9.99. The molecular formula is C14H13ClFN3S. The highest BCUT2D eigenvalue weighted by molar-refractivity contribution is 7.09. The summed E-state index contributed by atoms with van der Waals surface area (Å²) in [6.45, 7) is 0.890. The molecule has 1 atom stereocenters. The molecule has 0 amide bonds. The van der Waals surface area contributed by atoms with Gasteiger partial charge in [-0.05, 0) is 30.2 Å². The molecule has 2 N–H and O–H groups in total. The topological polar surface area (TPSA) is 40.7 Å². The number of thiazole rings is 1. The van der Waals surface area contributed by atoms with Gasteiger partial charge in [-0.3, -0.25) is 0 Å². The fourth-order valence-corrected chi connectivity index (χ4v) is 3.51. The molecule has 1 aromatic carbocycles. The van der Waals surface area contributed by atoms with Crippen LogP contribution >= 0.6 is 23.7 Å². The maximum Gasteiger partial charge on any atom is 0.123 e. The molecule has 0 aliphatic carbocycles. The molecule has 4 rings (SSSR count). The molecule has 1 aliphatic rings. The van der Waals surface area contributed by atoms with Crippen molar-refractivity contribution in [3.05, 3.63) is 51.9 Å². The summed E-state index contributed by atoms with van der Waals surface area (Å²) in [5.41, 5.74) is 3.34. The Kier molecular flexibility index (Phi) is 3.50. The Balaban J connectivity index is 0.00000121. The first-order chi connectivity index (χ1) is 9.33. The summed E-state index contributed by atoms with van der Waals surface area (Å²) in [5.74, 6) is -0.182. The van der Waals surface area contributed by atoms with Crippen LogP contribution in [0, 0.1) is 5.82 Å². The van der Waals surface area contributed by atoms with Gasteiger partial charge in [0.05, 0.1) is 0 Å². The summed E-state index contributed by atoms with van der Waals surface area (Å²) in [6, 6.07) is 5.02. The van der Waals surface area contributed by atoms with Gasteiger partial charge in [0.25, 0.3) is 0 Å². The summed E-state index contributed by atoms with van der Waals surface area (Å²) < 4.78 is 13.4. The van der Waals surface area contributed by atoms with Gasteiger partial charge >= 0.3 is 0 Å². The molecule has 3 nitrogen and oxygen atoms in total. The number of H-pyrrole nitrogens is 1. The Labute approximate surface area is 125 Å². The van der Waals surface area contributed by atoms with Crippen LogP contribution in [-0.4, -0.2) is 16.5 Å². The van der Waals surface area contributed by atoms with Gasteiger partial charge in [0.2, 0.25) is 0 Å². The van der Waals surface area contributed by atoms with E-state index >= 15 is 0 Å². The number of nitrogens with one attached hydrogen (secondary N) is 2. The third-order valence-electron chi connectivity index (χ3n) is 3.61. The van der Waals surface area contributed by atoms with Crippen molar-refractivity contribution >= 4 is 34.6 Å². The van der Waals surface area contributed by atoms with Crippen LogP contribution in [0.3, 0.4) is 0 Å². The van der Waals surface area contributed by atoms with E-state index in [-0.39, 0.29) is 24.3 Å². The summed E-state index contributed by atoms with van der Waals surface area (Å²) >= 11 is 1.64. The highest BCUT2D eigenvalue weighted by Crippen LogP contribution is 2.34. The monoisotopic (exact) mass is 309 g/mol. The lowest BCUT2D eigenvalue weighted by Gasteiger charge is -2.22. The lowest BCUT2D eigenvalue weighted by Crippen LogP contribution is -2.30. The molecule has 0 saturated carbocycles. The van der Waals surface area contributed by atoms with Gasteiger partial charge in [-0.1, -0.05) is 0 Å². The number of halogens is 2. The Morgan fingerprint density at radius 2 is 2.25 bits per heavy atom. The quantitative estimate of drug-likeness (QED) is 0.723. The molecule has 0 saturated heterocycles. The smallest absolute Gasteiger partial charge is 0.123 e. The number of benzene rings is 1. The predicted octanol–water partition coefficient (Wildman–Crippen LogP) is 3.42. The fraction of sp³-hybridized carbons (Fsp3) is 0.214. The van der Waals surface area contributed by atoms with Gasteiger partial charge in [0.1, 0.15) is 16.9 Å². The van der Waals surface area contributed by atoms with Gasteiger partial charge in [-0.2, -0.15) is 0 Å². The van der Waals surface area contributed by atoms with E-state index in [9.17, 15) is 4.39 Å². The van der Waals surface area contributed by atoms with Crippen molar-refractivity contribution in [1.29, 1.82) is 0 Å². The average Bonchev–Trinajstić information content (AvgIpc) is 3.05. The van der Waals surface area contributed by atoms with Crippen LogP contribution in [0.25, 0.3) is 10.9 Å². The number of hydrogen-bond donors (Lipinski definition) is 2. The van der Waals surface area contributed by atoms with Crippen molar-refractivity contribution in [1.82, 2.24) is 15.3 Å². The van der Waals surface area contributed by atoms with Crippen molar-refractivity contribution in [3.63, 3.8) is 0 Å². The molecule has 0 radical (unpaired) electrons. The van der Waals surface area contributed by atoms with Crippen LogP contribution in [0.1, 0.15) is 22.3 Å². The van der Waals surface area contributed by atoms with E-state index in [1.165, 1.54) is 11.6 Å². The van der Waals surface area contributed by atoms with E-state index < -0.39 is 0 Å². The highest BCUT2D eigenvalue weighted by atomic mass is 35.5. The zero-order valence-corrected chi connectivity index (χ0v) is 12.2. The van der Waals surface area contributed by atoms with E-state index in [0.717, 1.165) is 34.6 Å². The average molecular weight is 310 g/mol. The largest absolute Gasteiger partial charge is 0.356 e. The zero-order chi connectivity index (χ0) is 12.8. The molecule has 104 valence electrons. The molecule has 3 heterocycles. The molecule has 0 spiro atoms.